The van der Waals surface area contributed by atoms with E-state index in [1.165, 1.54) is 42.5 Å². The number of carbonyl (C=O) groups excluding carboxylic acids is 1. The van der Waals surface area contributed by atoms with Crippen molar-refractivity contribution in [1.29, 1.82) is 0 Å². The highest BCUT2D eigenvalue weighted by atomic mass is 19.1. The van der Waals surface area contributed by atoms with Crippen LogP contribution in [0.3, 0.4) is 0 Å². The van der Waals surface area contributed by atoms with Crippen molar-refractivity contribution in [2.45, 2.75) is 0 Å². The quantitative estimate of drug-likeness (QED) is 0.712. The number of aromatic hydroxyl groups is 1. The molecule has 0 unspecified atom stereocenters. The topological polar surface area (TPSA) is 75.3 Å². The van der Waals surface area contributed by atoms with Gasteiger partial charge in [-0.3, -0.25) is 4.79 Å². The zero-order valence-electron chi connectivity index (χ0n) is 9.35. The number of phenolic OH excluding ortho intramolecular Hbond substituents is 1. The predicted octanol–water partition coefficient (Wildman–Crippen LogP) is 2.37. The molecule has 0 aliphatic carbocycles. The molecule has 2 aromatic rings. The normalized spacial score (nSPS) is 10.1. The molecule has 0 atom stereocenters. The van der Waals surface area contributed by atoms with Gasteiger partial charge in [-0.1, -0.05) is 6.07 Å². The number of nitrogens with one attached hydrogen (secondary N) is 1. The Balaban J connectivity index is 2.24. The first-order chi connectivity index (χ1) is 8.56. The third-order valence-corrected chi connectivity index (χ3v) is 2.35. The van der Waals surface area contributed by atoms with Crippen LogP contribution in [-0.2, 0) is 0 Å². The van der Waals surface area contributed by atoms with E-state index in [0.717, 1.165) is 0 Å². The largest absolute Gasteiger partial charge is 0.508 e. The van der Waals surface area contributed by atoms with Gasteiger partial charge >= 0.3 is 0 Å². The van der Waals surface area contributed by atoms with Gasteiger partial charge in [0.25, 0.3) is 5.91 Å². The van der Waals surface area contributed by atoms with Crippen LogP contribution in [0.5, 0.6) is 5.75 Å². The number of nitrogens with two attached hydrogens (primary N) is 1. The van der Waals surface area contributed by atoms with Gasteiger partial charge in [0.15, 0.2) is 0 Å². The number of hydrogen-bond donors (Lipinski definition) is 3. The van der Waals surface area contributed by atoms with Crippen molar-refractivity contribution in [1.82, 2.24) is 0 Å². The van der Waals surface area contributed by atoms with Gasteiger partial charge in [0.2, 0.25) is 0 Å². The van der Waals surface area contributed by atoms with Gasteiger partial charge in [0.1, 0.15) is 11.6 Å². The van der Waals surface area contributed by atoms with Crippen molar-refractivity contribution in [2.24, 2.45) is 0 Å². The summed E-state index contributed by atoms with van der Waals surface area (Å²) in [6.07, 6.45) is 0. The number of halogens is 1. The minimum atomic E-state index is -0.572. The van der Waals surface area contributed by atoms with E-state index in [0.29, 0.717) is 5.69 Å². The molecule has 0 aliphatic heterocycles. The number of phenols is 1. The van der Waals surface area contributed by atoms with Crippen molar-refractivity contribution in [3.8, 4) is 5.75 Å². The molecule has 4 nitrogen and oxygen atoms in total. The van der Waals surface area contributed by atoms with Crippen LogP contribution in [0.1, 0.15) is 10.4 Å². The first-order valence-electron chi connectivity index (χ1n) is 5.21. The minimum Gasteiger partial charge on any atom is -0.508 e. The number of anilines is 2. The fraction of sp³-hybridized carbons (Fsp3) is 0. The molecule has 0 saturated heterocycles. The van der Waals surface area contributed by atoms with Crippen LogP contribution in [0.25, 0.3) is 0 Å². The predicted molar refractivity (Wildman–Crippen MR) is 66.9 cm³/mol. The second kappa shape index (κ2) is 4.75. The van der Waals surface area contributed by atoms with Crippen LogP contribution in [0, 0.1) is 5.82 Å². The molecule has 0 fully saturated rings. The second-order valence-corrected chi connectivity index (χ2v) is 3.74. The molecule has 1 amide bonds. The third-order valence-electron chi connectivity index (χ3n) is 2.35. The molecule has 2 aromatic carbocycles. The van der Waals surface area contributed by atoms with Gasteiger partial charge in [-0.05, 0) is 36.4 Å². The van der Waals surface area contributed by atoms with E-state index < -0.39 is 11.7 Å². The van der Waals surface area contributed by atoms with Crippen LogP contribution < -0.4 is 11.1 Å². The van der Waals surface area contributed by atoms with E-state index in [1.807, 2.05) is 0 Å². The molecule has 92 valence electrons. The van der Waals surface area contributed by atoms with E-state index in [4.69, 9.17) is 5.73 Å². The maximum atomic E-state index is 13.4. The molecule has 5 heteroatoms. The second-order valence-electron chi connectivity index (χ2n) is 3.74. The lowest BCUT2D eigenvalue weighted by Crippen LogP contribution is -2.13. The highest BCUT2D eigenvalue weighted by Crippen LogP contribution is 2.19. The van der Waals surface area contributed by atoms with Crippen molar-refractivity contribution >= 4 is 17.3 Å². The van der Waals surface area contributed by atoms with Crippen LogP contribution in [0.2, 0.25) is 0 Å². The summed E-state index contributed by atoms with van der Waals surface area (Å²) in [6, 6.07) is 9.68. The van der Waals surface area contributed by atoms with Gasteiger partial charge < -0.3 is 16.2 Å². The summed E-state index contributed by atoms with van der Waals surface area (Å²) in [5, 5.41) is 11.6. The van der Waals surface area contributed by atoms with Crippen LogP contribution in [0.4, 0.5) is 15.8 Å². The Labute approximate surface area is 103 Å². The van der Waals surface area contributed by atoms with Gasteiger partial charge in [-0.15, -0.1) is 0 Å². The number of benzene rings is 2. The first-order valence-corrected chi connectivity index (χ1v) is 5.21. The van der Waals surface area contributed by atoms with E-state index in [-0.39, 0.29) is 17.0 Å². The standard InChI is InChI=1S/C13H11FN2O2/c14-11-5-4-9(15)7-12(11)16-13(18)8-2-1-3-10(17)6-8/h1-7,17H,15H2,(H,16,18). The highest BCUT2D eigenvalue weighted by Gasteiger charge is 2.10. The Kier molecular flexibility index (Phi) is 3.14. The van der Waals surface area contributed by atoms with Crippen molar-refractivity contribution in [3.63, 3.8) is 0 Å². The molecule has 4 N–H and O–H groups in total. The Morgan fingerprint density at radius 2 is 2.00 bits per heavy atom. The SMILES string of the molecule is Nc1ccc(F)c(NC(=O)c2cccc(O)c2)c1. The maximum Gasteiger partial charge on any atom is 0.255 e. The fourth-order valence-electron chi connectivity index (χ4n) is 1.48. The van der Waals surface area contributed by atoms with Crippen LogP contribution >= 0.6 is 0 Å². The summed E-state index contributed by atoms with van der Waals surface area (Å²) in [4.78, 5) is 11.8. The molecule has 0 radical (unpaired) electrons. The molecule has 2 rings (SSSR count). The van der Waals surface area contributed by atoms with Crippen molar-refractivity contribution in [2.75, 3.05) is 11.1 Å². The number of carbonyl (C=O) groups is 1. The van der Waals surface area contributed by atoms with Gasteiger partial charge in [0.05, 0.1) is 5.69 Å². The molecular weight excluding hydrogens is 235 g/mol. The molecular formula is C13H11FN2O2. The smallest absolute Gasteiger partial charge is 0.255 e. The summed E-state index contributed by atoms with van der Waals surface area (Å²) in [6.45, 7) is 0. The number of hydrogen-bond acceptors (Lipinski definition) is 3. The fourth-order valence-corrected chi connectivity index (χ4v) is 1.48. The molecule has 0 bridgehead atoms. The van der Waals surface area contributed by atoms with Gasteiger partial charge in [0, 0.05) is 11.3 Å². The minimum absolute atomic E-state index is 0.00310. The van der Waals surface area contributed by atoms with Gasteiger partial charge in [-0.25, -0.2) is 4.39 Å². The molecule has 0 aliphatic rings. The Morgan fingerprint density at radius 3 is 2.72 bits per heavy atom. The average molecular weight is 246 g/mol. The molecule has 0 saturated carbocycles. The van der Waals surface area contributed by atoms with Crippen LogP contribution in [0.15, 0.2) is 42.5 Å². The lowest BCUT2D eigenvalue weighted by Gasteiger charge is -2.07. The zero-order chi connectivity index (χ0) is 13.1. The van der Waals surface area contributed by atoms with E-state index in [1.54, 1.807) is 0 Å². The third kappa shape index (κ3) is 2.57. The van der Waals surface area contributed by atoms with E-state index in [2.05, 4.69) is 5.32 Å². The molecule has 0 heterocycles. The first kappa shape index (κ1) is 11.9. The lowest BCUT2D eigenvalue weighted by molar-refractivity contribution is 0.102. The average Bonchev–Trinajstić information content (AvgIpc) is 2.34. The lowest BCUT2D eigenvalue weighted by atomic mass is 10.2. The Hall–Kier alpha value is -2.56. The number of nitrogen functional groups attached to an aromatic ring is 1. The van der Waals surface area contributed by atoms with E-state index in [9.17, 15) is 14.3 Å². The number of rotatable bonds is 2. The van der Waals surface area contributed by atoms with Crippen molar-refractivity contribution < 1.29 is 14.3 Å². The Bertz CT molecular complexity index is 599. The summed E-state index contributed by atoms with van der Waals surface area (Å²) >= 11 is 0. The number of amides is 1. The van der Waals surface area contributed by atoms with E-state index >= 15 is 0 Å². The molecule has 0 aromatic heterocycles. The summed E-state index contributed by atoms with van der Waals surface area (Å²) in [7, 11) is 0. The maximum absolute atomic E-state index is 13.4. The zero-order valence-corrected chi connectivity index (χ0v) is 9.35. The molecule has 18 heavy (non-hydrogen) atoms. The molecule has 0 spiro atoms. The van der Waals surface area contributed by atoms with Crippen molar-refractivity contribution in [3.05, 3.63) is 53.8 Å². The van der Waals surface area contributed by atoms with Crippen LogP contribution in [-0.4, -0.2) is 11.0 Å². The summed E-state index contributed by atoms with van der Waals surface area (Å²) < 4.78 is 13.4. The summed E-state index contributed by atoms with van der Waals surface area (Å²) in [5.41, 5.74) is 6.09. The monoisotopic (exact) mass is 246 g/mol. The van der Waals surface area contributed by atoms with Gasteiger partial charge in [-0.2, -0.15) is 0 Å². The highest BCUT2D eigenvalue weighted by molar-refractivity contribution is 6.04. The summed E-state index contributed by atoms with van der Waals surface area (Å²) in [5.74, 6) is -1.12. The Morgan fingerprint density at radius 1 is 1.22 bits per heavy atom.